The van der Waals surface area contributed by atoms with Gasteiger partial charge in [-0.2, -0.15) is 0 Å². The number of fused-ring (bicyclic) bond motifs is 1. The smallest absolute Gasteiger partial charge is 0.226 e. The maximum absolute atomic E-state index is 13.2. The number of ketones is 1. The van der Waals surface area contributed by atoms with Crippen LogP contribution in [-0.2, 0) is 11.2 Å². The van der Waals surface area contributed by atoms with Gasteiger partial charge in [0.05, 0.1) is 0 Å². The summed E-state index contributed by atoms with van der Waals surface area (Å²) in [7, 11) is 0. The third-order valence-electron chi connectivity index (χ3n) is 6.55. The van der Waals surface area contributed by atoms with Crippen LogP contribution in [0, 0.1) is 19.8 Å². The quantitative estimate of drug-likeness (QED) is 0.704. The largest absolute Gasteiger partial charge is 0.342 e. The molecular weight excluding hydrogens is 346 g/mol. The number of aryl methyl sites for hydroxylation is 2. The molecule has 0 spiro atoms. The summed E-state index contributed by atoms with van der Waals surface area (Å²) in [5.74, 6) is 0.673. The van der Waals surface area contributed by atoms with E-state index < -0.39 is 0 Å². The van der Waals surface area contributed by atoms with Gasteiger partial charge in [0.2, 0.25) is 5.91 Å². The van der Waals surface area contributed by atoms with Gasteiger partial charge in [-0.05, 0) is 62.1 Å². The van der Waals surface area contributed by atoms with Gasteiger partial charge in [0, 0.05) is 31.0 Å². The molecule has 2 aromatic rings. The van der Waals surface area contributed by atoms with Crippen LogP contribution in [0.1, 0.15) is 64.2 Å². The molecular formula is C25H29NO2. The van der Waals surface area contributed by atoms with Gasteiger partial charge in [-0.3, -0.25) is 9.59 Å². The van der Waals surface area contributed by atoms with E-state index in [1.807, 2.05) is 17.0 Å². The van der Waals surface area contributed by atoms with Crippen LogP contribution in [0.25, 0.3) is 0 Å². The number of carbonyl (C=O) groups excluding carboxylic acids is 2. The number of rotatable bonds is 2. The maximum Gasteiger partial charge on any atom is 0.226 e. The van der Waals surface area contributed by atoms with Gasteiger partial charge in [0.15, 0.2) is 5.78 Å². The number of likely N-dealkylation sites (tertiary alicyclic amines) is 1. The van der Waals surface area contributed by atoms with Crippen LogP contribution in [0.15, 0.2) is 42.5 Å². The lowest BCUT2D eigenvalue weighted by atomic mass is 9.87. The Hall–Kier alpha value is -2.42. The number of carbonyl (C=O) groups is 2. The van der Waals surface area contributed by atoms with Crippen molar-refractivity contribution in [2.24, 2.45) is 5.92 Å². The van der Waals surface area contributed by atoms with E-state index in [0.717, 1.165) is 55.5 Å². The van der Waals surface area contributed by atoms with Crippen LogP contribution in [0.3, 0.4) is 0 Å². The van der Waals surface area contributed by atoms with Crippen LogP contribution in [0.2, 0.25) is 0 Å². The van der Waals surface area contributed by atoms with Crippen molar-refractivity contribution in [2.75, 3.05) is 13.1 Å². The summed E-state index contributed by atoms with van der Waals surface area (Å²) in [6.07, 6.45) is 3.97. The Labute approximate surface area is 167 Å². The second-order valence-electron chi connectivity index (χ2n) is 8.48. The molecule has 0 radical (unpaired) electrons. The third-order valence-corrected chi connectivity index (χ3v) is 6.55. The fraction of sp³-hybridized carbons (Fsp3) is 0.440. The minimum Gasteiger partial charge on any atom is -0.342 e. The highest BCUT2D eigenvalue weighted by Gasteiger charge is 2.32. The summed E-state index contributed by atoms with van der Waals surface area (Å²) in [6, 6.07) is 14.7. The number of Topliss-reactive ketones (excluding diaryl/α,β-unsaturated/α-hetero) is 1. The molecule has 1 aliphatic heterocycles. The van der Waals surface area contributed by atoms with Crippen molar-refractivity contribution in [2.45, 2.75) is 51.9 Å². The summed E-state index contributed by atoms with van der Waals surface area (Å²) in [4.78, 5) is 27.9. The summed E-state index contributed by atoms with van der Waals surface area (Å²) in [5, 5.41) is 0. The predicted molar refractivity (Wildman–Crippen MR) is 112 cm³/mol. The Morgan fingerprint density at radius 2 is 1.75 bits per heavy atom. The summed E-state index contributed by atoms with van der Waals surface area (Å²) in [6.45, 7) is 5.79. The molecule has 0 saturated carbocycles. The van der Waals surface area contributed by atoms with Crippen molar-refractivity contribution in [3.63, 3.8) is 0 Å². The first-order valence-corrected chi connectivity index (χ1v) is 10.5. The molecule has 0 N–H and O–H groups in total. The molecule has 1 atom stereocenters. The monoisotopic (exact) mass is 375 g/mol. The molecule has 4 rings (SSSR count). The van der Waals surface area contributed by atoms with Crippen LogP contribution >= 0.6 is 0 Å². The van der Waals surface area contributed by atoms with E-state index in [1.54, 1.807) is 0 Å². The molecule has 1 heterocycles. The topological polar surface area (TPSA) is 37.4 Å². The van der Waals surface area contributed by atoms with Gasteiger partial charge in [0.25, 0.3) is 0 Å². The van der Waals surface area contributed by atoms with Crippen molar-refractivity contribution in [3.8, 4) is 0 Å². The Morgan fingerprint density at radius 1 is 1.00 bits per heavy atom. The molecule has 0 bridgehead atoms. The highest BCUT2D eigenvalue weighted by atomic mass is 16.2. The number of benzene rings is 2. The van der Waals surface area contributed by atoms with Crippen LogP contribution < -0.4 is 0 Å². The second-order valence-corrected chi connectivity index (χ2v) is 8.48. The van der Waals surface area contributed by atoms with Gasteiger partial charge < -0.3 is 4.90 Å². The van der Waals surface area contributed by atoms with Crippen LogP contribution in [-0.4, -0.2) is 29.7 Å². The van der Waals surface area contributed by atoms with Gasteiger partial charge in [0.1, 0.15) is 0 Å². The molecule has 2 aliphatic rings. The van der Waals surface area contributed by atoms with E-state index in [0.29, 0.717) is 12.3 Å². The Balaban J connectivity index is 1.41. The summed E-state index contributed by atoms with van der Waals surface area (Å²) >= 11 is 0. The normalized spacial score (nSPS) is 20.6. The Bertz CT molecular complexity index is 893. The lowest BCUT2D eigenvalue weighted by Crippen LogP contribution is -2.41. The Morgan fingerprint density at radius 3 is 2.50 bits per heavy atom. The van der Waals surface area contributed by atoms with Crippen LogP contribution in [0.4, 0.5) is 0 Å². The van der Waals surface area contributed by atoms with E-state index in [2.05, 4.69) is 44.2 Å². The molecule has 1 fully saturated rings. The molecule has 1 unspecified atom stereocenters. The minimum absolute atomic E-state index is 0.129. The zero-order chi connectivity index (χ0) is 19.7. The number of piperidine rings is 1. The predicted octanol–water partition coefficient (Wildman–Crippen LogP) is 4.84. The highest BCUT2D eigenvalue weighted by molar-refractivity contribution is 6.00. The number of nitrogens with zero attached hydrogens (tertiary/aromatic N) is 1. The average Bonchev–Trinajstić information content (AvgIpc) is 2.88. The van der Waals surface area contributed by atoms with E-state index in [9.17, 15) is 9.59 Å². The van der Waals surface area contributed by atoms with Crippen molar-refractivity contribution in [1.82, 2.24) is 4.90 Å². The average molecular weight is 376 g/mol. The van der Waals surface area contributed by atoms with Gasteiger partial charge in [-0.15, -0.1) is 0 Å². The third kappa shape index (κ3) is 3.76. The molecule has 1 amide bonds. The van der Waals surface area contributed by atoms with Crippen molar-refractivity contribution in [3.05, 3.63) is 70.3 Å². The van der Waals surface area contributed by atoms with Crippen molar-refractivity contribution >= 4 is 11.7 Å². The molecule has 146 valence electrons. The molecule has 2 aromatic carbocycles. The molecule has 3 nitrogen and oxygen atoms in total. The molecule has 0 aromatic heterocycles. The van der Waals surface area contributed by atoms with E-state index in [-0.39, 0.29) is 17.6 Å². The second kappa shape index (κ2) is 7.90. The SMILES string of the molecule is Cc1cccc(C2CCN(C(=O)C3CCc4c(C)cccc4C(=O)C3)CC2)c1. The van der Waals surface area contributed by atoms with Crippen LogP contribution in [0.5, 0.6) is 0 Å². The lowest BCUT2D eigenvalue weighted by molar-refractivity contribution is -0.136. The van der Waals surface area contributed by atoms with E-state index >= 15 is 0 Å². The fourth-order valence-electron chi connectivity index (χ4n) is 4.88. The minimum atomic E-state index is -0.171. The summed E-state index contributed by atoms with van der Waals surface area (Å²) in [5.41, 5.74) is 5.82. The fourth-order valence-corrected chi connectivity index (χ4v) is 4.88. The Kier molecular flexibility index (Phi) is 5.34. The van der Waals surface area contributed by atoms with Crippen molar-refractivity contribution < 1.29 is 9.59 Å². The first-order valence-electron chi connectivity index (χ1n) is 10.5. The lowest BCUT2D eigenvalue weighted by Gasteiger charge is -2.34. The van der Waals surface area contributed by atoms with E-state index in [1.165, 1.54) is 11.1 Å². The molecule has 1 aliphatic carbocycles. The number of hydrogen-bond donors (Lipinski definition) is 0. The van der Waals surface area contributed by atoms with Gasteiger partial charge in [-0.25, -0.2) is 0 Å². The van der Waals surface area contributed by atoms with Crippen molar-refractivity contribution in [1.29, 1.82) is 0 Å². The zero-order valence-electron chi connectivity index (χ0n) is 16.9. The zero-order valence-corrected chi connectivity index (χ0v) is 16.9. The first-order chi connectivity index (χ1) is 13.5. The molecule has 1 saturated heterocycles. The first kappa shape index (κ1) is 18.9. The number of amides is 1. The molecule has 28 heavy (non-hydrogen) atoms. The number of hydrogen-bond acceptors (Lipinski definition) is 2. The molecule has 3 heteroatoms. The van der Waals surface area contributed by atoms with Gasteiger partial charge >= 0.3 is 0 Å². The standard InChI is InChI=1S/C25H29NO2/c1-17-5-3-7-20(15-17)19-11-13-26(14-12-19)25(28)21-9-10-22-18(2)6-4-8-23(22)24(27)16-21/h3-8,15,19,21H,9-14,16H2,1-2H3. The van der Waals surface area contributed by atoms with E-state index in [4.69, 9.17) is 0 Å². The van der Waals surface area contributed by atoms with Gasteiger partial charge in [-0.1, -0.05) is 48.0 Å². The maximum atomic E-state index is 13.2. The highest BCUT2D eigenvalue weighted by Crippen LogP contribution is 2.32. The summed E-state index contributed by atoms with van der Waals surface area (Å²) < 4.78 is 0.